The van der Waals surface area contributed by atoms with Gasteiger partial charge in [0, 0.05) is 31.5 Å². The van der Waals surface area contributed by atoms with Crippen molar-refractivity contribution in [2.75, 3.05) is 39.9 Å². The molecule has 9 heteroatoms. The molecule has 1 N–H and O–H groups in total. The lowest BCUT2D eigenvalue weighted by molar-refractivity contribution is 0.102. The van der Waals surface area contributed by atoms with Crippen LogP contribution < -0.4 is 14.5 Å². The van der Waals surface area contributed by atoms with Crippen LogP contribution in [-0.2, 0) is 10.0 Å². The van der Waals surface area contributed by atoms with Crippen molar-refractivity contribution in [3.05, 3.63) is 47.9 Å². The molecule has 2 aliphatic heterocycles. The molecule has 2 aliphatic rings. The molecule has 0 saturated carbocycles. The molecule has 7 nitrogen and oxygen atoms in total. The minimum atomic E-state index is -3.52. The lowest BCUT2D eigenvalue weighted by Crippen LogP contribution is -2.32. The van der Waals surface area contributed by atoms with Gasteiger partial charge in [0.05, 0.1) is 17.0 Å². The highest BCUT2D eigenvalue weighted by Gasteiger charge is 2.30. The first kappa shape index (κ1) is 19.6. The zero-order valence-corrected chi connectivity index (χ0v) is 16.8. The third-order valence-electron chi connectivity index (χ3n) is 5.26. The maximum absolute atomic E-state index is 14.3. The molecule has 4 rings (SSSR count). The van der Waals surface area contributed by atoms with E-state index in [1.165, 1.54) is 24.6 Å². The largest absolute Gasteiger partial charge is 0.356 e. The van der Waals surface area contributed by atoms with Crippen molar-refractivity contribution in [1.29, 1.82) is 0 Å². The number of benzene rings is 1. The van der Waals surface area contributed by atoms with E-state index in [9.17, 15) is 17.6 Å². The van der Waals surface area contributed by atoms with Crippen LogP contribution in [0.15, 0.2) is 36.5 Å². The molecule has 0 bridgehead atoms. The van der Waals surface area contributed by atoms with Crippen LogP contribution in [0.2, 0.25) is 0 Å². The molecule has 0 spiro atoms. The highest BCUT2D eigenvalue weighted by atomic mass is 32.2. The highest BCUT2D eigenvalue weighted by Crippen LogP contribution is 2.30. The van der Waals surface area contributed by atoms with E-state index >= 15 is 0 Å². The third-order valence-corrected chi connectivity index (χ3v) is 7.11. The average Bonchev–Trinajstić information content (AvgIpc) is 3.09. The minimum absolute atomic E-state index is 0.00208. The Kier molecular flexibility index (Phi) is 5.40. The van der Waals surface area contributed by atoms with E-state index in [1.54, 1.807) is 18.3 Å². The van der Waals surface area contributed by atoms with Gasteiger partial charge in [-0.05, 0) is 56.0 Å². The summed E-state index contributed by atoms with van der Waals surface area (Å²) in [7, 11) is -3.52. The van der Waals surface area contributed by atoms with E-state index in [2.05, 4.69) is 15.2 Å². The van der Waals surface area contributed by atoms with E-state index in [0.717, 1.165) is 30.2 Å². The Morgan fingerprint density at radius 2 is 1.86 bits per heavy atom. The standard InChI is InChI=1S/C20H23FN4O3S/c21-17-8-7-15(14-18(17)25-12-5-13-29(25,27)28)23-20(26)16-6-4-9-22-19(16)24-10-2-1-3-11-24/h4,6-9,14H,1-3,5,10-13H2,(H,23,26). The topological polar surface area (TPSA) is 82.6 Å². The molecule has 0 atom stereocenters. The van der Waals surface area contributed by atoms with Gasteiger partial charge in [-0.25, -0.2) is 17.8 Å². The number of carbonyl (C=O) groups is 1. The van der Waals surface area contributed by atoms with E-state index in [4.69, 9.17) is 0 Å². The van der Waals surface area contributed by atoms with Crippen molar-refractivity contribution in [3.63, 3.8) is 0 Å². The summed E-state index contributed by atoms with van der Waals surface area (Å²) in [5.41, 5.74) is 0.735. The third kappa shape index (κ3) is 4.05. The molecular formula is C20H23FN4O3S. The van der Waals surface area contributed by atoms with Gasteiger partial charge in [-0.1, -0.05) is 0 Å². The Labute approximate surface area is 169 Å². The summed E-state index contributed by atoms with van der Waals surface area (Å²) in [4.78, 5) is 19.4. The molecule has 1 aromatic carbocycles. The Bertz CT molecular complexity index is 1020. The lowest BCUT2D eigenvalue weighted by atomic mass is 10.1. The molecule has 0 aliphatic carbocycles. The summed E-state index contributed by atoms with van der Waals surface area (Å²) < 4.78 is 39.7. The fraction of sp³-hybridized carbons (Fsp3) is 0.400. The fourth-order valence-corrected chi connectivity index (χ4v) is 5.38. The zero-order chi connectivity index (χ0) is 20.4. The molecule has 2 saturated heterocycles. The number of halogens is 1. The number of amides is 1. The SMILES string of the molecule is O=C(Nc1ccc(F)c(N2CCCS2(=O)=O)c1)c1cccnc1N1CCCCC1. The number of rotatable bonds is 4. The van der Waals surface area contributed by atoms with E-state index in [-0.39, 0.29) is 23.9 Å². The number of piperidine rings is 1. The zero-order valence-electron chi connectivity index (χ0n) is 16.0. The molecular weight excluding hydrogens is 395 g/mol. The number of hydrogen-bond acceptors (Lipinski definition) is 5. The summed E-state index contributed by atoms with van der Waals surface area (Å²) in [5, 5.41) is 2.76. The van der Waals surface area contributed by atoms with Crippen molar-refractivity contribution in [1.82, 2.24) is 4.98 Å². The van der Waals surface area contributed by atoms with Gasteiger partial charge in [-0.15, -0.1) is 0 Å². The Morgan fingerprint density at radius 1 is 1.07 bits per heavy atom. The summed E-state index contributed by atoms with van der Waals surface area (Å²) >= 11 is 0. The normalized spacial score (nSPS) is 18.7. The minimum Gasteiger partial charge on any atom is -0.356 e. The van der Waals surface area contributed by atoms with Gasteiger partial charge in [0.25, 0.3) is 5.91 Å². The van der Waals surface area contributed by atoms with Crippen LogP contribution in [0.3, 0.4) is 0 Å². The first-order chi connectivity index (χ1) is 14.0. The predicted octanol–water partition coefficient (Wildman–Crippen LogP) is 3.00. The summed E-state index contributed by atoms with van der Waals surface area (Å²) in [5.74, 6) is -0.365. The van der Waals surface area contributed by atoms with Crippen LogP contribution in [0.1, 0.15) is 36.0 Å². The Balaban J connectivity index is 1.59. The summed E-state index contributed by atoms with van der Waals surface area (Å²) in [6.07, 6.45) is 5.40. The number of carbonyl (C=O) groups excluding carboxylic acids is 1. The molecule has 154 valence electrons. The molecule has 29 heavy (non-hydrogen) atoms. The van der Waals surface area contributed by atoms with Crippen LogP contribution in [0.5, 0.6) is 0 Å². The van der Waals surface area contributed by atoms with Crippen LogP contribution in [0.4, 0.5) is 21.6 Å². The van der Waals surface area contributed by atoms with Crippen molar-refractivity contribution >= 4 is 33.1 Å². The molecule has 2 fully saturated rings. The van der Waals surface area contributed by atoms with Gasteiger partial charge in [-0.2, -0.15) is 0 Å². The lowest BCUT2D eigenvalue weighted by Gasteiger charge is -2.29. The second-order valence-electron chi connectivity index (χ2n) is 7.28. The number of nitrogens with zero attached hydrogens (tertiary/aromatic N) is 3. The van der Waals surface area contributed by atoms with Crippen molar-refractivity contribution < 1.29 is 17.6 Å². The molecule has 0 radical (unpaired) electrons. The number of aromatic nitrogens is 1. The van der Waals surface area contributed by atoms with E-state index < -0.39 is 15.8 Å². The highest BCUT2D eigenvalue weighted by molar-refractivity contribution is 7.93. The fourth-order valence-electron chi connectivity index (χ4n) is 3.82. The molecule has 1 amide bonds. The summed E-state index contributed by atoms with van der Waals surface area (Å²) in [6, 6.07) is 7.38. The van der Waals surface area contributed by atoms with Gasteiger partial charge in [0.2, 0.25) is 10.0 Å². The Hall–Kier alpha value is -2.68. The summed E-state index contributed by atoms with van der Waals surface area (Å²) in [6.45, 7) is 1.94. The van der Waals surface area contributed by atoms with E-state index in [0.29, 0.717) is 23.5 Å². The molecule has 0 unspecified atom stereocenters. The number of hydrogen-bond donors (Lipinski definition) is 1. The number of anilines is 3. The van der Waals surface area contributed by atoms with Gasteiger partial charge in [-0.3, -0.25) is 9.10 Å². The van der Waals surface area contributed by atoms with Crippen LogP contribution in [-0.4, -0.2) is 44.7 Å². The van der Waals surface area contributed by atoms with Crippen LogP contribution in [0.25, 0.3) is 0 Å². The molecule has 3 heterocycles. The number of pyridine rings is 1. The second-order valence-corrected chi connectivity index (χ2v) is 9.30. The second kappa shape index (κ2) is 7.98. The first-order valence-electron chi connectivity index (χ1n) is 9.77. The maximum Gasteiger partial charge on any atom is 0.259 e. The Morgan fingerprint density at radius 3 is 2.59 bits per heavy atom. The smallest absolute Gasteiger partial charge is 0.259 e. The predicted molar refractivity (Wildman–Crippen MR) is 110 cm³/mol. The monoisotopic (exact) mass is 418 g/mol. The van der Waals surface area contributed by atoms with E-state index in [1.807, 2.05) is 0 Å². The number of sulfonamides is 1. The van der Waals surface area contributed by atoms with Gasteiger partial charge < -0.3 is 10.2 Å². The van der Waals surface area contributed by atoms with Crippen molar-refractivity contribution in [2.45, 2.75) is 25.7 Å². The first-order valence-corrected chi connectivity index (χ1v) is 11.4. The molecule has 2 aromatic rings. The van der Waals surface area contributed by atoms with Crippen LogP contribution in [0, 0.1) is 5.82 Å². The quantitative estimate of drug-likeness (QED) is 0.825. The van der Waals surface area contributed by atoms with Crippen molar-refractivity contribution in [3.8, 4) is 0 Å². The van der Waals surface area contributed by atoms with Gasteiger partial charge in [0.1, 0.15) is 11.6 Å². The number of nitrogens with one attached hydrogen (secondary N) is 1. The van der Waals surface area contributed by atoms with Gasteiger partial charge in [0.15, 0.2) is 0 Å². The maximum atomic E-state index is 14.3. The van der Waals surface area contributed by atoms with Gasteiger partial charge >= 0.3 is 0 Å². The average molecular weight is 418 g/mol. The molecule has 1 aromatic heterocycles. The van der Waals surface area contributed by atoms with Crippen molar-refractivity contribution in [2.24, 2.45) is 0 Å². The van der Waals surface area contributed by atoms with Crippen LogP contribution >= 0.6 is 0 Å².